The van der Waals surface area contributed by atoms with Gasteiger partial charge in [-0.15, -0.1) is 0 Å². The van der Waals surface area contributed by atoms with E-state index in [1.165, 1.54) is 0 Å². The van der Waals surface area contributed by atoms with Crippen LogP contribution in [0.3, 0.4) is 0 Å². The van der Waals surface area contributed by atoms with Crippen LogP contribution in [-0.2, 0) is 29.7 Å². The molecule has 0 saturated carbocycles. The molecule has 4 heterocycles. The summed E-state index contributed by atoms with van der Waals surface area (Å²) in [7, 11) is -3.50. The van der Waals surface area contributed by atoms with Gasteiger partial charge in [-0.05, 0) is 61.4 Å². The van der Waals surface area contributed by atoms with Crippen LogP contribution in [0.1, 0.15) is 50.3 Å². The van der Waals surface area contributed by atoms with Crippen molar-refractivity contribution in [2.24, 2.45) is 11.3 Å². The Bertz CT molecular complexity index is 1180. The van der Waals surface area contributed by atoms with Crippen molar-refractivity contribution in [2.45, 2.75) is 57.6 Å². The van der Waals surface area contributed by atoms with E-state index < -0.39 is 10.0 Å². The summed E-state index contributed by atoms with van der Waals surface area (Å²) < 4.78 is 28.7. The molecule has 5 rings (SSSR count). The molecule has 2 fully saturated rings. The average Bonchev–Trinajstić information content (AvgIpc) is 3.64. The summed E-state index contributed by atoms with van der Waals surface area (Å²) in [5, 5.41) is 0. The highest BCUT2D eigenvalue weighted by atomic mass is 32.2. The minimum absolute atomic E-state index is 0.138. The van der Waals surface area contributed by atoms with E-state index >= 15 is 0 Å². The summed E-state index contributed by atoms with van der Waals surface area (Å²) in [6.07, 6.45) is 10.3. The number of hydrogen-bond acceptors (Lipinski definition) is 6. The minimum Gasteiger partial charge on any atom is -0.348 e. The molecular weight excluding hydrogens is 486 g/mol. The Labute approximate surface area is 220 Å². The summed E-state index contributed by atoms with van der Waals surface area (Å²) in [4.78, 5) is 20.2. The number of benzene rings is 1. The highest BCUT2D eigenvalue weighted by molar-refractivity contribution is 7.89. The van der Waals surface area contributed by atoms with Crippen LogP contribution >= 0.6 is 0 Å². The molecule has 2 aromatic heterocycles. The Hall–Kier alpha value is -2.53. The third-order valence-electron chi connectivity index (χ3n) is 7.77. The van der Waals surface area contributed by atoms with Crippen molar-refractivity contribution >= 4 is 10.0 Å². The van der Waals surface area contributed by atoms with E-state index in [1.54, 1.807) is 28.8 Å². The van der Waals surface area contributed by atoms with Crippen molar-refractivity contribution in [3.8, 4) is 0 Å². The molecule has 3 aromatic rings. The molecule has 10 heteroatoms. The molecular formula is C27H39N7O2S. The largest absolute Gasteiger partial charge is 0.348 e. The Morgan fingerprint density at radius 3 is 2.05 bits per heavy atom. The van der Waals surface area contributed by atoms with Crippen LogP contribution in [0, 0.1) is 11.3 Å². The molecule has 2 N–H and O–H groups in total. The molecule has 37 heavy (non-hydrogen) atoms. The predicted octanol–water partition coefficient (Wildman–Crippen LogP) is 3.47. The molecule has 0 bridgehead atoms. The summed E-state index contributed by atoms with van der Waals surface area (Å²) in [5.41, 5.74) is 1.19. The van der Waals surface area contributed by atoms with E-state index in [9.17, 15) is 8.42 Å². The van der Waals surface area contributed by atoms with Crippen molar-refractivity contribution < 1.29 is 8.42 Å². The Kier molecular flexibility index (Phi) is 7.80. The minimum atomic E-state index is -3.50. The van der Waals surface area contributed by atoms with E-state index in [0.29, 0.717) is 43.5 Å². The number of nitrogens with zero attached hydrogens (tertiary/aromatic N) is 5. The smallest absolute Gasteiger partial charge is 0.243 e. The van der Waals surface area contributed by atoms with Gasteiger partial charge < -0.3 is 14.9 Å². The number of imidazole rings is 2. The molecule has 2 saturated heterocycles. The summed E-state index contributed by atoms with van der Waals surface area (Å²) >= 11 is 0. The number of piperidine rings is 1. The van der Waals surface area contributed by atoms with Gasteiger partial charge in [0.25, 0.3) is 0 Å². The maximum absolute atomic E-state index is 13.5. The van der Waals surface area contributed by atoms with Crippen molar-refractivity contribution in [1.82, 2.24) is 34.0 Å². The van der Waals surface area contributed by atoms with Gasteiger partial charge in [-0.25, -0.2) is 18.4 Å². The van der Waals surface area contributed by atoms with E-state index in [0.717, 1.165) is 56.1 Å². The van der Waals surface area contributed by atoms with Crippen LogP contribution < -0.4 is 0 Å². The van der Waals surface area contributed by atoms with Crippen molar-refractivity contribution in [3.63, 3.8) is 0 Å². The standard InChI is InChI=1S/C27H39N7O2S/c1-22(2)17-32-14-7-27(8-15-32)9-16-34(21-27)37(35,36)24-5-3-23(4-6-24)18-33(19-25-28-10-11-29-25)20-26-30-12-13-31-26/h3-6,10-13,22H,7-9,14-21H2,1-2H3,(H,28,29)(H,30,31). The van der Waals surface area contributed by atoms with Gasteiger partial charge in [0.1, 0.15) is 11.6 Å². The molecule has 0 amide bonds. The zero-order valence-corrected chi connectivity index (χ0v) is 22.8. The Balaban J connectivity index is 1.22. The number of H-pyrrole nitrogens is 2. The van der Waals surface area contributed by atoms with Crippen LogP contribution in [0.15, 0.2) is 53.9 Å². The van der Waals surface area contributed by atoms with Gasteiger partial charge in [-0.3, -0.25) is 4.90 Å². The fraction of sp³-hybridized carbons (Fsp3) is 0.556. The lowest BCUT2D eigenvalue weighted by Gasteiger charge is -2.39. The third-order valence-corrected chi connectivity index (χ3v) is 9.63. The first-order valence-electron chi connectivity index (χ1n) is 13.3. The Morgan fingerprint density at radius 1 is 0.919 bits per heavy atom. The van der Waals surface area contributed by atoms with E-state index in [4.69, 9.17) is 0 Å². The fourth-order valence-electron chi connectivity index (χ4n) is 5.77. The first-order chi connectivity index (χ1) is 17.8. The molecule has 0 unspecified atom stereocenters. The van der Waals surface area contributed by atoms with Crippen LogP contribution in [-0.4, -0.2) is 75.2 Å². The van der Waals surface area contributed by atoms with Crippen molar-refractivity contribution in [3.05, 3.63) is 66.3 Å². The lowest BCUT2D eigenvalue weighted by molar-refractivity contribution is 0.105. The second-order valence-corrected chi connectivity index (χ2v) is 13.1. The van der Waals surface area contributed by atoms with Gasteiger partial charge in [-0.1, -0.05) is 26.0 Å². The zero-order valence-electron chi connectivity index (χ0n) is 21.9. The van der Waals surface area contributed by atoms with Gasteiger partial charge in [0.05, 0.1) is 18.0 Å². The molecule has 0 atom stereocenters. The van der Waals surface area contributed by atoms with Gasteiger partial charge in [0, 0.05) is 51.0 Å². The van der Waals surface area contributed by atoms with Crippen LogP contribution in [0.2, 0.25) is 0 Å². The molecule has 0 radical (unpaired) electrons. The van der Waals surface area contributed by atoms with Gasteiger partial charge >= 0.3 is 0 Å². The number of aromatic nitrogens is 4. The number of aromatic amines is 2. The number of sulfonamides is 1. The fourth-order valence-corrected chi connectivity index (χ4v) is 7.32. The predicted molar refractivity (Wildman–Crippen MR) is 143 cm³/mol. The van der Waals surface area contributed by atoms with E-state index in [-0.39, 0.29) is 5.41 Å². The third kappa shape index (κ3) is 6.31. The van der Waals surface area contributed by atoms with Crippen molar-refractivity contribution in [2.75, 3.05) is 32.7 Å². The molecule has 1 spiro atoms. The first kappa shape index (κ1) is 26.1. The van der Waals surface area contributed by atoms with Crippen LogP contribution in [0.5, 0.6) is 0 Å². The highest BCUT2D eigenvalue weighted by Crippen LogP contribution is 2.42. The number of hydrogen-bond donors (Lipinski definition) is 2. The molecule has 9 nitrogen and oxygen atoms in total. The van der Waals surface area contributed by atoms with Crippen LogP contribution in [0.25, 0.3) is 0 Å². The Morgan fingerprint density at radius 2 is 1.51 bits per heavy atom. The van der Waals surface area contributed by atoms with Gasteiger partial charge in [0.2, 0.25) is 10.0 Å². The maximum atomic E-state index is 13.5. The average molecular weight is 526 g/mol. The first-order valence-corrected chi connectivity index (χ1v) is 14.8. The van der Waals surface area contributed by atoms with Crippen molar-refractivity contribution in [1.29, 1.82) is 0 Å². The van der Waals surface area contributed by atoms with E-state index in [2.05, 4.69) is 43.6 Å². The second kappa shape index (κ2) is 11.1. The second-order valence-electron chi connectivity index (χ2n) is 11.1. The van der Waals surface area contributed by atoms with Crippen LogP contribution in [0.4, 0.5) is 0 Å². The molecule has 200 valence electrons. The maximum Gasteiger partial charge on any atom is 0.243 e. The molecule has 0 aliphatic carbocycles. The number of rotatable bonds is 10. The zero-order chi connectivity index (χ0) is 25.9. The van der Waals surface area contributed by atoms with Gasteiger partial charge in [-0.2, -0.15) is 4.31 Å². The summed E-state index contributed by atoms with van der Waals surface area (Å²) in [5.74, 6) is 2.42. The van der Waals surface area contributed by atoms with E-state index in [1.807, 2.05) is 24.5 Å². The topological polar surface area (TPSA) is 101 Å². The lowest BCUT2D eigenvalue weighted by Crippen LogP contribution is -2.43. The normalized spacial score (nSPS) is 18.9. The quantitative estimate of drug-likeness (QED) is 0.420. The molecule has 2 aliphatic rings. The SMILES string of the molecule is CC(C)CN1CCC2(CC1)CCN(S(=O)(=O)c1ccc(CN(Cc3ncc[nH]3)Cc3ncc[nH]3)cc1)C2. The highest BCUT2D eigenvalue weighted by Gasteiger charge is 2.44. The summed E-state index contributed by atoms with van der Waals surface area (Å²) in [6.45, 7) is 11.0. The lowest BCUT2D eigenvalue weighted by atomic mass is 9.78. The summed E-state index contributed by atoms with van der Waals surface area (Å²) in [6, 6.07) is 7.39. The molecule has 2 aliphatic heterocycles. The number of nitrogens with one attached hydrogen (secondary N) is 2. The van der Waals surface area contributed by atoms with Gasteiger partial charge in [0.15, 0.2) is 0 Å². The monoisotopic (exact) mass is 525 g/mol. The molecule has 1 aromatic carbocycles. The number of likely N-dealkylation sites (tertiary alicyclic amines) is 1.